The number of aryl methyl sites for hydroxylation is 2. The fourth-order valence-electron chi connectivity index (χ4n) is 2.56. The molecule has 27 heavy (non-hydrogen) atoms. The summed E-state index contributed by atoms with van der Waals surface area (Å²) in [6.45, 7) is 4.14. The summed E-state index contributed by atoms with van der Waals surface area (Å²) in [6.07, 6.45) is -0.197. The zero-order valence-electron chi connectivity index (χ0n) is 15.9. The van der Waals surface area contributed by atoms with Gasteiger partial charge in [-0.05, 0) is 42.7 Å². The fraction of sp³-hybridized carbons (Fsp3) is 0.350. The highest BCUT2D eigenvalue weighted by molar-refractivity contribution is 7.89. The van der Waals surface area contributed by atoms with E-state index >= 15 is 0 Å². The first-order chi connectivity index (χ1) is 12.8. The molecular formula is C20H26N2O4S. The average Bonchev–Trinajstić information content (AvgIpc) is 2.65. The van der Waals surface area contributed by atoms with Crippen LogP contribution in [0.5, 0.6) is 0 Å². The maximum Gasteiger partial charge on any atom is 0.240 e. The third kappa shape index (κ3) is 6.16. The molecule has 0 aliphatic carbocycles. The predicted molar refractivity (Wildman–Crippen MR) is 105 cm³/mol. The van der Waals surface area contributed by atoms with Crippen LogP contribution in [0.4, 0.5) is 0 Å². The van der Waals surface area contributed by atoms with Crippen LogP contribution in [0.3, 0.4) is 0 Å². The van der Waals surface area contributed by atoms with Crippen LogP contribution in [0.2, 0.25) is 0 Å². The second kappa shape index (κ2) is 9.64. The first kappa shape index (κ1) is 21.1. The number of methoxy groups -OCH3 is 1. The highest BCUT2D eigenvalue weighted by Crippen LogP contribution is 2.15. The highest BCUT2D eigenvalue weighted by atomic mass is 32.2. The fourth-order valence-corrected chi connectivity index (χ4v) is 3.68. The molecule has 1 amide bonds. The molecule has 2 aromatic carbocycles. The summed E-state index contributed by atoms with van der Waals surface area (Å²) in [5, 5.41) is 2.78. The Labute approximate surface area is 161 Å². The topological polar surface area (TPSA) is 84.5 Å². The smallest absolute Gasteiger partial charge is 0.240 e. The van der Waals surface area contributed by atoms with E-state index in [0.717, 1.165) is 16.7 Å². The Morgan fingerprint density at radius 1 is 1.07 bits per heavy atom. The van der Waals surface area contributed by atoms with E-state index in [9.17, 15) is 13.2 Å². The van der Waals surface area contributed by atoms with Crippen LogP contribution in [0, 0.1) is 13.8 Å². The number of nitrogens with one attached hydrogen (secondary N) is 2. The molecule has 0 saturated heterocycles. The molecule has 0 bridgehead atoms. The molecular weight excluding hydrogens is 364 g/mol. The minimum Gasteiger partial charge on any atom is -0.375 e. The standard InChI is InChI=1S/C20H26N2O4S/c1-15-9-10-18(13-16(15)2)27(24,25)22-12-11-20(23)21-14-19(26-3)17-7-5-4-6-8-17/h4-10,13,19,22H,11-12,14H2,1-3H3,(H,21,23). The first-order valence-corrected chi connectivity index (χ1v) is 10.2. The van der Waals surface area contributed by atoms with Crippen LogP contribution in [0.15, 0.2) is 53.4 Å². The molecule has 0 aliphatic heterocycles. The second-order valence-electron chi connectivity index (χ2n) is 6.33. The minimum absolute atomic E-state index is 0.0318. The van der Waals surface area contributed by atoms with Crippen molar-refractivity contribution < 1.29 is 17.9 Å². The van der Waals surface area contributed by atoms with E-state index in [1.54, 1.807) is 25.3 Å². The molecule has 2 N–H and O–H groups in total. The molecule has 2 aromatic rings. The monoisotopic (exact) mass is 390 g/mol. The molecule has 146 valence electrons. The Morgan fingerprint density at radius 2 is 1.78 bits per heavy atom. The van der Waals surface area contributed by atoms with E-state index in [1.165, 1.54) is 0 Å². The summed E-state index contributed by atoms with van der Waals surface area (Å²) < 4.78 is 32.5. The van der Waals surface area contributed by atoms with Crippen LogP contribution in [0.1, 0.15) is 29.2 Å². The molecule has 6 nitrogen and oxygen atoms in total. The van der Waals surface area contributed by atoms with Crippen LogP contribution in [-0.4, -0.2) is 34.5 Å². The SMILES string of the molecule is COC(CNC(=O)CCNS(=O)(=O)c1ccc(C)c(C)c1)c1ccccc1. The van der Waals surface area contributed by atoms with Crippen LogP contribution in [0.25, 0.3) is 0 Å². The van der Waals surface area contributed by atoms with Gasteiger partial charge in [0.25, 0.3) is 0 Å². The summed E-state index contributed by atoms with van der Waals surface area (Å²) in [4.78, 5) is 12.2. The van der Waals surface area contributed by atoms with Gasteiger partial charge in [-0.15, -0.1) is 0 Å². The van der Waals surface area contributed by atoms with E-state index in [-0.39, 0.29) is 29.9 Å². The third-order valence-electron chi connectivity index (χ3n) is 4.37. The van der Waals surface area contributed by atoms with E-state index in [2.05, 4.69) is 10.0 Å². The van der Waals surface area contributed by atoms with Gasteiger partial charge in [0.1, 0.15) is 0 Å². The van der Waals surface area contributed by atoms with Gasteiger partial charge in [0.15, 0.2) is 0 Å². The van der Waals surface area contributed by atoms with Crippen LogP contribution in [-0.2, 0) is 19.6 Å². The second-order valence-corrected chi connectivity index (χ2v) is 8.10. The van der Waals surface area contributed by atoms with Gasteiger partial charge < -0.3 is 10.1 Å². The molecule has 0 radical (unpaired) electrons. The van der Waals surface area contributed by atoms with Crippen molar-refractivity contribution in [3.63, 3.8) is 0 Å². The molecule has 0 aromatic heterocycles. The van der Waals surface area contributed by atoms with Crippen molar-refractivity contribution in [3.05, 3.63) is 65.2 Å². The summed E-state index contributed by atoms with van der Waals surface area (Å²) in [7, 11) is -2.04. The lowest BCUT2D eigenvalue weighted by atomic mass is 10.1. The van der Waals surface area contributed by atoms with E-state index in [1.807, 2.05) is 44.2 Å². The zero-order chi connectivity index (χ0) is 19.9. The Kier molecular flexibility index (Phi) is 7.53. The number of carbonyl (C=O) groups excluding carboxylic acids is 1. The average molecular weight is 391 g/mol. The van der Waals surface area contributed by atoms with E-state index in [0.29, 0.717) is 6.54 Å². The lowest BCUT2D eigenvalue weighted by Crippen LogP contribution is -2.33. The number of hydrogen-bond acceptors (Lipinski definition) is 4. The number of hydrogen-bond donors (Lipinski definition) is 2. The molecule has 1 unspecified atom stereocenters. The van der Waals surface area contributed by atoms with Crippen molar-refractivity contribution in [2.24, 2.45) is 0 Å². The number of sulfonamides is 1. The first-order valence-electron chi connectivity index (χ1n) is 8.75. The van der Waals surface area contributed by atoms with Crippen LogP contribution >= 0.6 is 0 Å². The van der Waals surface area contributed by atoms with Gasteiger partial charge in [-0.25, -0.2) is 13.1 Å². The van der Waals surface area contributed by atoms with Gasteiger partial charge >= 0.3 is 0 Å². The lowest BCUT2D eigenvalue weighted by Gasteiger charge is -2.16. The van der Waals surface area contributed by atoms with Gasteiger partial charge in [0, 0.05) is 26.6 Å². The number of amides is 1. The molecule has 0 heterocycles. The number of rotatable bonds is 9. The Bertz CT molecular complexity index is 867. The van der Waals surface area contributed by atoms with Crippen LogP contribution < -0.4 is 10.0 Å². The predicted octanol–water partition coefficient (Wildman–Crippen LogP) is 2.48. The summed E-state index contributed by atoms with van der Waals surface area (Å²) >= 11 is 0. The Hall–Kier alpha value is -2.22. The van der Waals surface area contributed by atoms with Gasteiger partial charge in [-0.2, -0.15) is 0 Å². The van der Waals surface area contributed by atoms with Gasteiger partial charge in [0.05, 0.1) is 11.0 Å². The maximum atomic E-state index is 12.3. The molecule has 7 heteroatoms. The maximum absolute atomic E-state index is 12.3. The quantitative estimate of drug-likeness (QED) is 0.689. The zero-order valence-corrected chi connectivity index (χ0v) is 16.7. The third-order valence-corrected chi connectivity index (χ3v) is 5.83. The summed E-state index contributed by atoms with van der Waals surface area (Å²) in [6, 6.07) is 14.5. The number of carbonyl (C=O) groups is 1. The number of benzene rings is 2. The summed E-state index contributed by atoms with van der Waals surface area (Å²) in [5.41, 5.74) is 2.90. The van der Waals surface area contributed by atoms with E-state index < -0.39 is 10.0 Å². The van der Waals surface area contributed by atoms with Gasteiger partial charge in [-0.1, -0.05) is 36.4 Å². The minimum atomic E-state index is -3.63. The molecule has 1 atom stereocenters. The van der Waals surface area contributed by atoms with Gasteiger partial charge in [-0.3, -0.25) is 4.79 Å². The van der Waals surface area contributed by atoms with Crippen molar-refractivity contribution in [3.8, 4) is 0 Å². The van der Waals surface area contributed by atoms with Crippen molar-refractivity contribution >= 4 is 15.9 Å². The molecule has 0 fully saturated rings. The van der Waals surface area contributed by atoms with Crippen molar-refractivity contribution in [1.82, 2.24) is 10.0 Å². The molecule has 0 aliphatic rings. The van der Waals surface area contributed by atoms with Crippen molar-refractivity contribution in [1.29, 1.82) is 0 Å². The summed E-state index contributed by atoms with van der Waals surface area (Å²) in [5.74, 6) is -0.240. The normalized spacial score (nSPS) is 12.6. The van der Waals surface area contributed by atoms with E-state index in [4.69, 9.17) is 4.74 Å². The largest absolute Gasteiger partial charge is 0.375 e. The molecule has 0 saturated carbocycles. The Balaban J connectivity index is 1.82. The molecule has 2 rings (SSSR count). The lowest BCUT2D eigenvalue weighted by molar-refractivity contribution is -0.121. The van der Waals surface area contributed by atoms with Crippen molar-refractivity contribution in [2.45, 2.75) is 31.3 Å². The number of ether oxygens (including phenoxy) is 1. The van der Waals surface area contributed by atoms with Crippen molar-refractivity contribution in [2.75, 3.05) is 20.2 Å². The molecule has 0 spiro atoms. The highest BCUT2D eigenvalue weighted by Gasteiger charge is 2.16. The Morgan fingerprint density at radius 3 is 2.41 bits per heavy atom. The van der Waals surface area contributed by atoms with Gasteiger partial charge in [0.2, 0.25) is 15.9 Å².